The normalized spacial score (nSPS) is 16.0. The Bertz CT molecular complexity index is 997. The van der Waals surface area contributed by atoms with Crippen molar-refractivity contribution in [3.05, 3.63) is 60.7 Å². The van der Waals surface area contributed by atoms with E-state index >= 15 is 0 Å². The van der Waals surface area contributed by atoms with Gasteiger partial charge in [-0.25, -0.2) is 4.98 Å². The minimum absolute atomic E-state index is 0.126. The highest BCUT2D eigenvalue weighted by molar-refractivity contribution is 8.00. The van der Waals surface area contributed by atoms with Crippen LogP contribution in [0.5, 0.6) is 0 Å². The van der Waals surface area contributed by atoms with Gasteiger partial charge in [-0.15, -0.1) is 11.8 Å². The SMILES string of the molecule is CC1CCCN(C(=O)CSCC(=O)Nc2nc(-c3ccccc3)c(-c3ccccc3)s2)C1. The molecule has 2 aromatic carbocycles. The maximum Gasteiger partial charge on any atom is 0.236 e. The van der Waals surface area contributed by atoms with Crippen molar-refractivity contribution in [3.63, 3.8) is 0 Å². The highest BCUT2D eigenvalue weighted by Crippen LogP contribution is 2.38. The highest BCUT2D eigenvalue weighted by Gasteiger charge is 2.21. The Hall–Kier alpha value is -2.64. The van der Waals surface area contributed by atoms with Gasteiger partial charge < -0.3 is 10.2 Å². The topological polar surface area (TPSA) is 62.3 Å². The number of rotatable bonds is 7. The van der Waals surface area contributed by atoms with Gasteiger partial charge in [-0.05, 0) is 24.3 Å². The molecule has 1 atom stereocenters. The van der Waals surface area contributed by atoms with Crippen molar-refractivity contribution in [1.29, 1.82) is 0 Å². The second-order valence-corrected chi connectivity index (χ2v) is 10.0. The number of nitrogens with zero attached hydrogens (tertiary/aromatic N) is 2. The van der Waals surface area contributed by atoms with E-state index in [4.69, 9.17) is 4.98 Å². The monoisotopic (exact) mass is 465 g/mol. The molecule has 0 bridgehead atoms. The van der Waals surface area contributed by atoms with Gasteiger partial charge in [-0.3, -0.25) is 9.59 Å². The number of carbonyl (C=O) groups excluding carboxylic acids is 2. The summed E-state index contributed by atoms with van der Waals surface area (Å²) in [6.45, 7) is 3.84. The second-order valence-electron chi connectivity index (χ2n) is 8.06. The van der Waals surface area contributed by atoms with Crippen LogP contribution in [0.1, 0.15) is 19.8 Å². The molecular formula is C25H27N3O2S2. The molecule has 1 aliphatic heterocycles. The van der Waals surface area contributed by atoms with Crippen molar-refractivity contribution in [2.45, 2.75) is 19.8 Å². The van der Waals surface area contributed by atoms with Crippen molar-refractivity contribution in [1.82, 2.24) is 9.88 Å². The van der Waals surface area contributed by atoms with Crippen LogP contribution in [-0.4, -0.2) is 46.3 Å². The third kappa shape index (κ3) is 5.78. The van der Waals surface area contributed by atoms with E-state index in [-0.39, 0.29) is 17.6 Å². The predicted octanol–water partition coefficient (Wildman–Crippen LogP) is 5.41. The second kappa shape index (κ2) is 10.8. The summed E-state index contributed by atoms with van der Waals surface area (Å²) >= 11 is 2.83. The third-order valence-electron chi connectivity index (χ3n) is 5.43. The summed E-state index contributed by atoms with van der Waals surface area (Å²) in [6.07, 6.45) is 2.25. The molecule has 1 fully saturated rings. The molecule has 5 nitrogen and oxygen atoms in total. The van der Waals surface area contributed by atoms with Crippen LogP contribution in [0.2, 0.25) is 0 Å². The van der Waals surface area contributed by atoms with Crippen LogP contribution in [0.25, 0.3) is 21.7 Å². The van der Waals surface area contributed by atoms with E-state index in [9.17, 15) is 9.59 Å². The number of thioether (sulfide) groups is 1. The van der Waals surface area contributed by atoms with E-state index in [1.54, 1.807) is 0 Å². The molecule has 1 aliphatic rings. The number of aromatic nitrogens is 1. The van der Waals surface area contributed by atoms with E-state index in [1.807, 2.05) is 53.4 Å². The number of nitrogens with one attached hydrogen (secondary N) is 1. The number of thiazole rings is 1. The lowest BCUT2D eigenvalue weighted by Gasteiger charge is -2.30. The number of hydrogen-bond acceptors (Lipinski definition) is 5. The fourth-order valence-corrected chi connectivity index (χ4v) is 5.57. The Morgan fingerprint density at radius 3 is 2.44 bits per heavy atom. The van der Waals surface area contributed by atoms with Crippen LogP contribution in [0.3, 0.4) is 0 Å². The van der Waals surface area contributed by atoms with Gasteiger partial charge >= 0.3 is 0 Å². The minimum atomic E-state index is -0.136. The zero-order valence-corrected chi connectivity index (χ0v) is 19.8. The first-order valence-electron chi connectivity index (χ1n) is 10.9. The van der Waals surface area contributed by atoms with E-state index < -0.39 is 0 Å². The van der Waals surface area contributed by atoms with Gasteiger partial charge in [0.2, 0.25) is 11.8 Å². The number of carbonyl (C=O) groups is 2. The molecule has 0 radical (unpaired) electrons. The lowest BCUT2D eigenvalue weighted by atomic mass is 10.0. The molecule has 2 amide bonds. The summed E-state index contributed by atoms with van der Waals surface area (Å²) in [5, 5.41) is 3.50. The smallest absolute Gasteiger partial charge is 0.236 e. The van der Waals surface area contributed by atoms with Crippen LogP contribution >= 0.6 is 23.1 Å². The average molecular weight is 466 g/mol. The summed E-state index contributed by atoms with van der Waals surface area (Å²) in [5.41, 5.74) is 2.94. The lowest BCUT2D eigenvalue weighted by molar-refractivity contribution is -0.130. The molecule has 32 heavy (non-hydrogen) atoms. The van der Waals surface area contributed by atoms with Crippen LogP contribution in [-0.2, 0) is 9.59 Å². The van der Waals surface area contributed by atoms with E-state index in [0.29, 0.717) is 16.8 Å². The zero-order valence-electron chi connectivity index (χ0n) is 18.1. The Morgan fingerprint density at radius 2 is 1.75 bits per heavy atom. The van der Waals surface area contributed by atoms with Gasteiger partial charge in [0.1, 0.15) is 0 Å². The Labute approximate surface area is 197 Å². The average Bonchev–Trinajstić information content (AvgIpc) is 3.24. The zero-order chi connectivity index (χ0) is 22.3. The minimum Gasteiger partial charge on any atom is -0.342 e. The van der Waals surface area contributed by atoms with Gasteiger partial charge in [0.15, 0.2) is 5.13 Å². The first-order chi connectivity index (χ1) is 15.6. The van der Waals surface area contributed by atoms with Crippen LogP contribution in [0.15, 0.2) is 60.7 Å². The van der Waals surface area contributed by atoms with Crippen LogP contribution < -0.4 is 5.32 Å². The Balaban J connectivity index is 1.39. The fraction of sp³-hybridized carbons (Fsp3) is 0.320. The highest BCUT2D eigenvalue weighted by atomic mass is 32.2. The summed E-state index contributed by atoms with van der Waals surface area (Å²) in [5.74, 6) is 1.12. The van der Waals surface area contributed by atoms with Crippen molar-refractivity contribution >= 4 is 40.0 Å². The Morgan fingerprint density at radius 1 is 1.06 bits per heavy atom. The summed E-state index contributed by atoms with van der Waals surface area (Å²) in [7, 11) is 0. The molecule has 4 rings (SSSR count). The molecule has 0 aliphatic carbocycles. The molecule has 166 valence electrons. The van der Waals surface area contributed by atoms with E-state index in [2.05, 4.69) is 24.4 Å². The first-order valence-corrected chi connectivity index (χ1v) is 12.8. The quantitative estimate of drug-likeness (QED) is 0.507. The van der Waals surface area contributed by atoms with E-state index in [0.717, 1.165) is 41.2 Å². The molecule has 0 spiro atoms. The van der Waals surface area contributed by atoms with Gasteiger partial charge in [-0.2, -0.15) is 0 Å². The number of benzene rings is 2. The number of likely N-dealkylation sites (tertiary alicyclic amines) is 1. The van der Waals surface area contributed by atoms with Gasteiger partial charge in [0, 0.05) is 18.7 Å². The third-order valence-corrected chi connectivity index (χ3v) is 7.36. The number of piperidine rings is 1. The summed E-state index contributed by atoms with van der Waals surface area (Å²) in [4.78, 5) is 32.6. The maximum atomic E-state index is 12.5. The number of hydrogen-bond donors (Lipinski definition) is 1. The summed E-state index contributed by atoms with van der Waals surface area (Å²) in [6, 6.07) is 20.1. The summed E-state index contributed by atoms with van der Waals surface area (Å²) < 4.78 is 0. The largest absolute Gasteiger partial charge is 0.342 e. The molecule has 1 aromatic heterocycles. The molecule has 2 heterocycles. The molecule has 1 N–H and O–H groups in total. The standard InChI is InChI=1S/C25H27N3O2S2/c1-18-9-8-14-28(15-18)22(30)17-31-16-21(29)26-25-27-23(19-10-4-2-5-11-19)24(32-25)20-12-6-3-7-13-20/h2-7,10-13,18H,8-9,14-17H2,1H3,(H,26,27,29). The first kappa shape index (κ1) is 22.6. The van der Waals surface area contributed by atoms with Gasteiger partial charge in [0.05, 0.1) is 22.1 Å². The number of amides is 2. The molecule has 3 aromatic rings. The molecule has 7 heteroatoms. The molecule has 0 saturated carbocycles. The maximum absolute atomic E-state index is 12.5. The van der Waals surface area contributed by atoms with Crippen molar-refractivity contribution < 1.29 is 9.59 Å². The molecule has 1 unspecified atom stereocenters. The van der Waals surface area contributed by atoms with E-state index in [1.165, 1.54) is 29.5 Å². The lowest BCUT2D eigenvalue weighted by Crippen LogP contribution is -2.40. The van der Waals surface area contributed by atoms with Gasteiger partial charge in [-0.1, -0.05) is 78.9 Å². The van der Waals surface area contributed by atoms with Crippen LogP contribution in [0.4, 0.5) is 5.13 Å². The van der Waals surface area contributed by atoms with Gasteiger partial charge in [0.25, 0.3) is 0 Å². The molecule has 1 saturated heterocycles. The van der Waals surface area contributed by atoms with Crippen molar-refractivity contribution in [3.8, 4) is 21.7 Å². The fourth-order valence-electron chi connectivity index (χ4n) is 3.84. The Kier molecular flexibility index (Phi) is 7.60. The van der Waals surface area contributed by atoms with Crippen molar-refractivity contribution in [2.24, 2.45) is 5.92 Å². The predicted molar refractivity (Wildman–Crippen MR) is 134 cm³/mol. The number of anilines is 1. The molecular weight excluding hydrogens is 438 g/mol. The van der Waals surface area contributed by atoms with Crippen molar-refractivity contribution in [2.75, 3.05) is 29.9 Å². The van der Waals surface area contributed by atoms with Crippen LogP contribution in [0, 0.1) is 5.92 Å².